The summed E-state index contributed by atoms with van der Waals surface area (Å²) >= 11 is 0. The van der Waals surface area contributed by atoms with Crippen LogP contribution in [-0.2, 0) is 16.4 Å². The van der Waals surface area contributed by atoms with Crippen LogP contribution in [0, 0.1) is 0 Å². The van der Waals surface area contributed by atoms with Crippen molar-refractivity contribution in [2.45, 2.75) is 31.3 Å². The third-order valence-corrected chi connectivity index (χ3v) is 6.34. The molecule has 0 aliphatic heterocycles. The van der Waals surface area contributed by atoms with E-state index in [1.807, 2.05) is 30.3 Å². The topological polar surface area (TPSA) is 86.7 Å². The van der Waals surface area contributed by atoms with Crippen molar-refractivity contribution in [1.29, 1.82) is 0 Å². The van der Waals surface area contributed by atoms with E-state index in [1.165, 1.54) is 28.6 Å². The van der Waals surface area contributed by atoms with Crippen LogP contribution in [0.2, 0.25) is 0 Å². The van der Waals surface area contributed by atoms with Gasteiger partial charge in [-0.15, -0.1) is 0 Å². The van der Waals surface area contributed by atoms with Crippen LogP contribution in [0.25, 0.3) is 0 Å². The summed E-state index contributed by atoms with van der Waals surface area (Å²) < 4.78 is 26.3. The van der Waals surface area contributed by atoms with Gasteiger partial charge in [0.1, 0.15) is 0 Å². The lowest BCUT2D eigenvalue weighted by Gasteiger charge is -2.18. The Hall–Kier alpha value is -2.22. The molecule has 7 heteroatoms. The summed E-state index contributed by atoms with van der Waals surface area (Å²) in [6.45, 7) is 4.46. The maximum absolute atomic E-state index is 12.5. The Labute approximate surface area is 160 Å². The van der Waals surface area contributed by atoms with E-state index < -0.39 is 16.1 Å². The van der Waals surface area contributed by atoms with Gasteiger partial charge in [-0.3, -0.25) is 4.79 Å². The molecule has 2 aromatic rings. The molecule has 0 aliphatic rings. The number of nitrogens with one attached hydrogen (secondary N) is 1. The number of hydrogen-bond donors (Lipinski definition) is 2. The Balaban J connectivity index is 1.95. The molecule has 6 nitrogen and oxygen atoms in total. The van der Waals surface area contributed by atoms with Gasteiger partial charge in [0.05, 0.1) is 11.0 Å². The monoisotopic (exact) mass is 390 g/mol. The standard InChI is InChI=1S/C20H26N2O4S/c1-3-22(4-2)27(25,26)19-12-10-17(11-13-19)20(24)21-15-18(23)14-16-8-6-5-7-9-16/h5-13,18,23H,3-4,14-15H2,1-2H3,(H,21,24). The Morgan fingerprint density at radius 3 is 2.19 bits per heavy atom. The van der Waals surface area contributed by atoms with Gasteiger partial charge in [0.15, 0.2) is 0 Å². The van der Waals surface area contributed by atoms with Crippen molar-refractivity contribution in [3.05, 3.63) is 65.7 Å². The normalized spacial score (nSPS) is 12.7. The summed E-state index contributed by atoms with van der Waals surface area (Å²) in [5.41, 5.74) is 1.34. The average Bonchev–Trinajstić information content (AvgIpc) is 2.67. The van der Waals surface area contributed by atoms with E-state index in [9.17, 15) is 18.3 Å². The fourth-order valence-corrected chi connectivity index (χ4v) is 4.22. The number of carbonyl (C=O) groups is 1. The number of amides is 1. The first-order valence-electron chi connectivity index (χ1n) is 8.98. The van der Waals surface area contributed by atoms with Gasteiger partial charge in [0.25, 0.3) is 5.91 Å². The van der Waals surface area contributed by atoms with E-state index in [1.54, 1.807) is 13.8 Å². The largest absolute Gasteiger partial charge is 0.391 e. The van der Waals surface area contributed by atoms with Crippen LogP contribution in [0.1, 0.15) is 29.8 Å². The molecule has 2 rings (SSSR count). The second-order valence-electron chi connectivity index (χ2n) is 6.17. The molecule has 1 atom stereocenters. The highest BCUT2D eigenvalue weighted by Gasteiger charge is 2.21. The summed E-state index contributed by atoms with van der Waals surface area (Å²) in [4.78, 5) is 12.4. The number of aliphatic hydroxyl groups excluding tert-OH is 1. The van der Waals surface area contributed by atoms with Crippen LogP contribution in [-0.4, -0.2) is 49.5 Å². The molecule has 0 radical (unpaired) electrons. The molecule has 0 bridgehead atoms. The second kappa shape index (κ2) is 9.64. The van der Waals surface area contributed by atoms with Crippen LogP contribution in [0.15, 0.2) is 59.5 Å². The van der Waals surface area contributed by atoms with Crippen molar-refractivity contribution in [3.63, 3.8) is 0 Å². The molecule has 146 valence electrons. The quantitative estimate of drug-likeness (QED) is 0.686. The second-order valence-corrected chi connectivity index (χ2v) is 8.11. The van der Waals surface area contributed by atoms with E-state index in [2.05, 4.69) is 5.32 Å². The molecule has 0 spiro atoms. The van der Waals surface area contributed by atoms with Crippen LogP contribution in [0.3, 0.4) is 0 Å². The minimum Gasteiger partial charge on any atom is -0.391 e. The molecule has 27 heavy (non-hydrogen) atoms. The lowest BCUT2D eigenvalue weighted by atomic mass is 10.1. The van der Waals surface area contributed by atoms with E-state index in [0.717, 1.165) is 5.56 Å². The smallest absolute Gasteiger partial charge is 0.251 e. The number of nitrogens with zero attached hydrogens (tertiary/aromatic N) is 1. The highest BCUT2D eigenvalue weighted by Crippen LogP contribution is 2.16. The van der Waals surface area contributed by atoms with E-state index in [4.69, 9.17) is 0 Å². The molecular formula is C20H26N2O4S. The van der Waals surface area contributed by atoms with Crippen LogP contribution < -0.4 is 5.32 Å². The summed E-state index contributed by atoms with van der Waals surface area (Å²) in [5.74, 6) is -0.353. The fraction of sp³-hybridized carbons (Fsp3) is 0.350. The summed E-state index contributed by atoms with van der Waals surface area (Å²) in [5, 5.41) is 12.7. The van der Waals surface area contributed by atoms with Crippen molar-refractivity contribution in [3.8, 4) is 0 Å². The number of carbonyl (C=O) groups excluding carboxylic acids is 1. The molecule has 2 aromatic carbocycles. The number of benzene rings is 2. The molecule has 0 aliphatic carbocycles. The highest BCUT2D eigenvalue weighted by molar-refractivity contribution is 7.89. The fourth-order valence-electron chi connectivity index (χ4n) is 2.76. The zero-order valence-corrected chi connectivity index (χ0v) is 16.4. The molecule has 0 saturated carbocycles. The Morgan fingerprint density at radius 1 is 1.04 bits per heavy atom. The molecule has 2 N–H and O–H groups in total. The van der Waals surface area contributed by atoms with Crippen molar-refractivity contribution in [2.24, 2.45) is 0 Å². The van der Waals surface area contributed by atoms with Gasteiger partial charge in [-0.25, -0.2) is 8.42 Å². The maximum atomic E-state index is 12.5. The number of rotatable bonds is 9. The average molecular weight is 391 g/mol. The SMILES string of the molecule is CCN(CC)S(=O)(=O)c1ccc(C(=O)NCC(O)Cc2ccccc2)cc1. The third kappa shape index (κ3) is 5.63. The number of sulfonamides is 1. The number of hydrogen-bond acceptors (Lipinski definition) is 4. The van der Waals surface area contributed by atoms with Crippen molar-refractivity contribution in [2.75, 3.05) is 19.6 Å². The minimum absolute atomic E-state index is 0.118. The van der Waals surface area contributed by atoms with Gasteiger partial charge in [-0.05, 0) is 29.8 Å². The first-order chi connectivity index (χ1) is 12.9. The molecule has 1 unspecified atom stereocenters. The molecule has 0 aromatic heterocycles. The highest BCUT2D eigenvalue weighted by atomic mass is 32.2. The zero-order valence-electron chi connectivity index (χ0n) is 15.6. The lowest BCUT2D eigenvalue weighted by Crippen LogP contribution is -2.33. The van der Waals surface area contributed by atoms with E-state index in [0.29, 0.717) is 25.1 Å². The lowest BCUT2D eigenvalue weighted by molar-refractivity contribution is 0.0916. The van der Waals surface area contributed by atoms with E-state index >= 15 is 0 Å². The van der Waals surface area contributed by atoms with Crippen molar-refractivity contribution < 1.29 is 18.3 Å². The van der Waals surface area contributed by atoms with Crippen molar-refractivity contribution in [1.82, 2.24) is 9.62 Å². The number of aliphatic hydroxyl groups is 1. The first-order valence-corrected chi connectivity index (χ1v) is 10.4. The molecule has 1 amide bonds. The minimum atomic E-state index is -3.54. The van der Waals surface area contributed by atoms with E-state index in [-0.39, 0.29) is 17.3 Å². The molecular weight excluding hydrogens is 364 g/mol. The summed E-state index contributed by atoms with van der Waals surface area (Å²) in [6.07, 6.45) is -0.249. The van der Waals surface area contributed by atoms with Gasteiger partial charge in [-0.2, -0.15) is 4.31 Å². The van der Waals surface area contributed by atoms with Crippen LogP contribution >= 0.6 is 0 Å². The van der Waals surface area contributed by atoms with Gasteiger partial charge in [0.2, 0.25) is 10.0 Å². The van der Waals surface area contributed by atoms with Crippen LogP contribution in [0.5, 0.6) is 0 Å². The molecule has 0 heterocycles. The Bertz CT molecular complexity index is 832. The van der Waals surface area contributed by atoms with Gasteiger partial charge in [-0.1, -0.05) is 44.2 Å². The molecule has 0 saturated heterocycles. The van der Waals surface area contributed by atoms with Gasteiger partial charge in [0, 0.05) is 31.6 Å². The predicted octanol–water partition coefficient (Wildman–Crippen LogP) is 2.05. The first kappa shape index (κ1) is 21.1. The van der Waals surface area contributed by atoms with Gasteiger partial charge >= 0.3 is 0 Å². The van der Waals surface area contributed by atoms with Gasteiger partial charge < -0.3 is 10.4 Å². The maximum Gasteiger partial charge on any atom is 0.251 e. The summed E-state index contributed by atoms with van der Waals surface area (Å²) in [7, 11) is -3.54. The predicted molar refractivity (Wildman–Crippen MR) is 105 cm³/mol. The Kier molecular flexibility index (Phi) is 7.53. The molecule has 0 fully saturated rings. The van der Waals surface area contributed by atoms with Crippen LogP contribution in [0.4, 0.5) is 0 Å². The van der Waals surface area contributed by atoms with Crippen molar-refractivity contribution >= 4 is 15.9 Å². The zero-order chi connectivity index (χ0) is 19.9. The third-order valence-electron chi connectivity index (χ3n) is 4.27. The summed E-state index contributed by atoms with van der Waals surface area (Å²) in [6, 6.07) is 15.4. The Morgan fingerprint density at radius 2 is 1.63 bits per heavy atom.